The molecule has 5 nitrogen and oxygen atoms in total. The molecule has 0 N–H and O–H groups in total. The molecule has 0 aliphatic carbocycles. The number of halogens is 2. The number of hydrogen-bond donors (Lipinski definition) is 0. The summed E-state index contributed by atoms with van der Waals surface area (Å²) in [5, 5.41) is 14.8. The lowest BCUT2D eigenvalue weighted by atomic mass is 10.2. The summed E-state index contributed by atoms with van der Waals surface area (Å²) in [4.78, 5) is 10.1. The summed E-state index contributed by atoms with van der Waals surface area (Å²) in [6, 6.07) is 4.01. The van der Waals surface area contributed by atoms with Gasteiger partial charge in [-0.15, -0.1) is 0 Å². The van der Waals surface area contributed by atoms with Crippen molar-refractivity contribution in [1.82, 2.24) is 9.78 Å². The van der Waals surface area contributed by atoms with E-state index < -0.39 is 10.7 Å². The van der Waals surface area contributed by atoms with Gasteiger partial charge in [-0.05, 0) is 29.5 Å². The van der Waals surface area contributed by atoms with Crippen molar-refractivity contribution >= 4 is 17.4 Å². The van der Waals surface area contributed by atoms with Crippen LogP contribution in [-0.4, -0.2) is 14.7 Å². The van der Waals surface area contributed by atoms with Gasteiger partial charge in [0.15, 0.2) is 0 Å². The first-order chi connectivity index (χ1) is 8.47. The van der Waals surface area contributed by atoms with Gasteiger partial charge < -0.3 is 10.1 Å². The predicted molar refractivity (Wildman–Crippen MR) is 64.1 cm³/mol. The zero-order valence-corrected chi connectivity index (χ0v) is 10.2. The molecular formula is C11H9ClFN3O2. The van der Waals surface area contributed by atoms with Crippen LogP contribution in [0.15, 0.2) is 24.4 Å². The molecule has 7 heteroatoms. The molecule has 0 fully saturated rings. The maximum absolute atomic E-state index is 12.9. The minimum Gasteiger partial charge on any atom is -0.358 e. The van der Waals surface area contributed by atoms with Crippen LogP contribution in [0.25, 0.3) is 0 Å². The van der Waals surface area contributed by atoms with E-state index in [-0.39, 0.29) is 17.4 Å². The molecule has 1 aromatic carbocycles. The number of nitro groups is 1. The average Bonchev–Trinajstić information content (AvgIpc) is 2.64. The molecule has 2 rings (SSSR count). The van der Waals surface area contributed by atoms with Crippen molar-refractivity contribution in [1.29, 1.82) is 0 Å². The Balaban J connectivity index is 2.29. The standard InChI is InChI=1S/C11H9ClFN3O2/c1-7-5-15(14-11(7)16(17)18)6-8-2-3-9(13)4-10(8)12/h2-5H,6H2,1H3. The highest BCUT2D eigenvalue weighted by Gasteiger charge is 2.17. The summed E-state index contributed by atoms with van der Waals surface area (Å²) in [5.41, 5.74) is 1.12. The second-order valence-electron chi connectivity index (χ2n) is 3.83. The monoisotopic (exact) mass is 269 g/mol. The normalized spacial score (nSPS) is 10.6. The van der Waals surface area contributed by atoms with Crippen LogP contribution >= 0.6 is 11.6 Å². The summed E-state index contributed by atoms with van der Waals surface area (Å²) < 4.78 is 14.3. The quantitative estimate of drug-likeness (QED) is 0.636. The average molecular weight is 270 g/mol. The van der Waals surface area contributed by atoms with E-state index in [4.69, 9.17) is 11.6 Å². The summed E-state index contributed by atoms with van der Waals surface area (Å²) in [6.45, 7) is 1.86. The molecular weight excluding hydrogens is 261 g/mol. The molecule has 0 aliphatic rings. The van der Waals surface area contributed by atoms with E-state index >= 15 is 0 Å². The Morgan fingerprint density at radius 3 is 2.83 bits per heavy atom. The fourth-order valence-electron chi connectivity index (χ4n) is 1.60. The van der Waals surface area contributed by atoms with Crippen LogP contribution in [0, 0.1) is 22.9 Å². The van der Waals surface area contributed by atoms with Crippen molar-refractivity contribution < 1.29 is 9.31 Å². The fraction of sp³-hybridized carbons (Fsp3) is 0.182. The minimum atomic E-state index is -0.544. The highest BCUT2D eigenvalue weighted by molar-refractivity contribution is 6.31. The van der Waals surface area contributed by atoms with Crippen LogP contribution < -0.4 is 0 Å². The molecule has 1 aromatic heterocycles. The molecule has 0 spiro atoms. The zero-order chi connectivity index (χ0) is 13.3. The van der Waals surface area contributed by atoms with Crippen LogP contribution in [0.5, 0.6) is 0 Å². The highest BCUT2D eigenvalue weighted by Crippen LogP contribution is 2.20. The third-order valence-corrected chi connectivity index (χ3v) is 2.79. The van der Waals surface area contributed by atoms with Gasteiger partial charge >= 0.3 is 5.82 Å². The van der Waals surface area contributed by atoms with Gasteiger partial charge in [0.25, 0.3) is 0 Å². The fourth-order valence-corrected chi connectivity index (χ4v) is 1.82. The molecule has 0 aliphatic heterocycles. The van der Waals surface area contributed by atoms with Crippen molar-refractivity contribution in [2.45, 2.75) is 13.5 Å². The van der Waals surface area contributed by atoms with E-state index in [2.05, 4.69) is 5.10 Å². The van der Waals surface area contributed by atoms with Crippen molar-refractivity contribution in [2.75, 3.05) is 0 Å². The Hall–Kier alpha value is -1.95. The van der Waals surface area contributed by atoms with E-state index in [1.807, 2.05) is 0 Å². The number of benzene rings is 1. The molecule has 1 heterocycles. The van der Waals surface area contributed by atoms with Crippen LogP contribution in [0.3, 0.4) is 0 Å². The van der Waals surface area contributed by atoms with Gasteiger partial charge in [0, 0.05) is 5.02 Å². The first kappa shape index (κ1) is 12.5. The van der Waals surface area contributed by atoms with Crippen LogP contribution in [-0.2, 0) is 6.54 Å². The third-order valence-electron chi connectivity index (χ3n) is 2.44. The van der Waals surface area contributed by atoms with Crippen LogP contribution in [0.2, 0.25) is 5.02 Å². The van der Waals surface area contributed by atoms with Gasteiger partial charge in [0.1, 0.15) is 5.82 Å². The summed E-state index contributed by atoms with van der Waals surface area (Å²) in [5.74, 6) is -0.611. The maximum Gasteiger partial charge on any atom is 0.392 e. The Bertz CT molecular complexity index is 612. The Kier molecular flexibility index (Phi) is 3.29. The molecule has 0 amide bonds. The molecule has 0 saturated heterocycles. The number of rotatable bonds is 3. The molecule has 0 bridgehead atoms. The zero-order valence-electron chi connectivity index (χ0n) is 9.43. The second-order valence-corrected chi connectivity index (χ2v) is 4.23. The Morgan fingerprint density at radius 1 is 1.56 bits per heavy atom. The van der Waals surface area contributed by atoms with Crippen LogP contribution in [0.1, 0.15) is 11.1 Å². The van der Waals surface area contributed by atoms with E-state index in [1.54, 1.807) is 13.1 Å². The lowest BCUT2D eigenvalue weighted by molar-refractivity contribution is -0.390. The second kappa shape index (κ2) is 4.73. The molecule has 0 radical (unpaired) electrons. The summed E-state index contributed by atoms with van der Waals surface area (Å²) in [6.07, 6.45) is 1.55. The smallest absolute Gasteiger partial charge is 0.358 e. The number of aromatic nitrogens is 2. The topological polar surface area (TPSA) is 61.0 Å². The number of nitrogens with zero attached hydrogens (tertiary/aromatic N) is 3. The Morgan fingerprint density at radius 2 is 2.28 bits per heavy atom. The highest BCUT2D eigenvalue weighted by atomic mass is 35.5. The van der Waals surface area contributed by atoms with E-state index in [1.165, 1.54) is 22.9 Å². The molecule has 18 heavy (non-hydrogen) atoms. The van der Waals surface area contributed by atoms with Gasteiger partial charge in [-0.1, -0.05) is 17.7 Å². The summed E-state index contributed by atoms with van der Waals surface area (Å²) >= 11 is 5.87. The van der Waals surface area contributed by atoms with Crippen molar-refractivity contribution in [2.24, 2.45) is 0 Å². The molecule has 0 unspecified atom stereocenters. The minimum absolute atomic E-state index is 0.187. The number of hydrogen-bond acceptors (Lipinski definition) is 3. The molecule has 94 valence electrons. The lowest BCUT2D eigenvalue weighted by Gasteiger charge is -2.01. The first-order valence-electron chi connectivity index (χ1n) is 5.10. The maximum atomic E-state index is 12.9. The van der Waals surface area contributed by atoms with Crippen molar-refractivity contribution in [3.05, 3.63) is 56.5 Å². The molecule has 2 aromatic rings. The Labute approximate surface area is 107 Å². The van der Waals surface area contributed by atoms with Crippen molar-refractivity contribution in [3.8, 4) is 0 Å². The molecule has 0 saturated carbocycles. The van der Waals surface area contributed by atoms with Gasteiger partial charge in [-0.3, -0.25) is 0 Å². The van der Waals surface area contributed by atoms with Gasteiger partial charge in [0.05, 0.1) is 23.4 Å². The van der Waals surface area contributed by atoms with Gasteiger partial charge in [0.2, 0.25) is 0 Å². The van der Waals surface area contributed by atoms with E-state index in [0.29, 0.717) is 11.1 Å². The SMILES string of the molecule is Cc1cn(Cc2ccc(F)cc2Cl)nc1[N+](=O)[O-]. The third kappa shape index (κ3) is 2.48. The summed E-state index contributed by atoms with van der Waals surface area (Å²) in [7, 11) is 0. The van der Waals surface area contributed by atoms with Crippen LogP contribution in [0.4, 0.5) is 10.2 Å². The van der Waals surface area contributed by atoms with Gasteiger partial charge in [-0.2, -0.15) is 4.68 Å². The van der Waals surface area contributed by atoms with Gasteiger partial charge in [-0.25, -0.2) is 4.39 Å². The molecule has 0 atom stereocenters. The first-order valence-corrected chi connectivity index (χ1v) is 5.47. The van der Waals surface area contributed by atoms with E-state index in [9.17, 15) is 14.5 Å². The van der Waals surface area contributed by atoms with E-state index in [0.717, 1.165) is 0 Å². The predicted octanol–water partition coefficient (Wildman–Crippen LogP) is 2.94. The lowest BCUT2D eigenvalue weighted by Crippen LogP contribution is -2.02. The largest absolute Gasteiger partial charge is 0.392 e. The van der Waals surface area contributed by atoms with Crippen molar-refractivity contribution in [3.63, 3.8) is 0 Å². The number of aryl methyl sites for hydroxylation is 1.